The lowest BCUT2D eigenvalue weighted by molar-refractivity contribution is -0.104. The van der Waals surface area contributed by atoms with E-state index in [0.29, 0.717) is 18.5 Å². The molecule has 0 unspecified atom stereocenters. The maximum atomic E-state index is 12.2. The van der Waals surface area contributed by atoms with Gasteiger partial charge in [0.2, 0.25) is 5.78 Å². The molecule has 2 aromatic heterocycles. The molecule has 0 amide bonds. The normalized spacial score (nSPS) is 11.1. The zero-order valence-electron chi connectivity index (χ0n) is 13.1. The van der Waals surface area contributed by atoms with E-state index in [-0.39, 0.29) is 0 Å². The molecule has 0 aliphatic carbocycles. The number of carbonyl (C=O) groups excluding carboxylic acids is 2. The van der Waals surface area contributed by atoms with Gasteiger partial charge >= 0.3 is 0 Å². The van der Waals surface area contributed by atoms with Crippen LogP contribution in [0.25, 0.3) is 21.7 Å². The first kappa shape index (κ1) is 15.7. The molecular formula is C20H13BrN2O2. The van der Waals surface area contributed by atoms with Gasteiger partial charge < -0.3 is 4.57 Å². The van der Waals surface area contributed by atoms with Gasteiger partial charge in [-0.2, -0.15) is 0 Å². The second kappa shape index (κ2) is 6.26. The molecule has 25 heavy (non-hydrogen) atoms. The Hall–Kier alpha value is -2.79. The quantitative estimate of drug-likeness (QED) is 0.294. The van der Waals surface area contributed by atoms with Crippen molar-refractivity contribution in [3.05, 3.63) is 76.7 Å². The summed E-state index contributed by atoms with van der Waals surface area (Å²) < 4.78 is 2.76. The summed E-state index contributed by atoms with van der Waals surface area (Å²) in [5.74, 6) is -0.508. The van der Waals surface area contributed by atoms with Gasteiger partial charge in [-0.05, 0) is 39.7 Å². The van der Waals surface area contributed by atoms with E-state index in [4.69, 9.17) is 0 Å². The molecule has 2 aromatic carbocycles. The van der Waals surface area contributed by atoms with Crippen molar-refractivity contribution in [3.8, 4) is 0 Å². The van der Waals surface area contributed by atoms with Crippen molar-refractivity contribution in [2.75, 3.05) is 0 Å². The Kier molecular flexibility index (Phi) is 3.93. The summed E-state index contributed by atoms with van der Waals surface area (Å²) in [5, 5.41) is 2.76. The first-order valence-electron chi connectivity index (χ1n) is 7.77. The highest BCUT2D eigenvalue weighted by Crippen LogP contribution is 2.24. The minimum absolute atomic E-state index is 0.375. The number of carbonyl (C=O) groups is 2. The summed E-state index contributed by atoms with van der Waals surface area (Å²) >= 11 is 3.44. The number of aromatic nitrogens is 2. The molecule has 0 N–H and O–H groups in total. The van der Waals surface area contributed by atoms with Crippen molar-refractivity contribution in [1.82, 2.24) is 9.55 Å². The molecule has 4 nitrogen and oxygen atoms in total. The summed E-state index contributed by atoms with van der Waals surface area (Å²) in [6, 6.07) is 15.6. The fourth-order valence-electron chi connectivity index (χ4n) is 3.12. The smallest absolute Gasteiger partial charge is 0.242 e. The van der Waals surface area contributed by atoms with Gasteiger partial charge in [-0.1, -0.05) is 30.3 Å². The average Bonchev–Trinajstić information content (AvgIpc) is 2.98. The highest BCUT2D eigenvalue weighted by atomic mass is 79.9. The molecule has 2 heterocycles. The average molecular weight is 393 g/mol. The van der Waals surface area contributed by atoms with E-state index in [9.17, 15) is 9.59 Å². The molecule has 4 rings (SSSR count). The van der Waals surface area contributed by atoms with Gasteiger partial charge in [0.15, 0.2) is 6.29 Å². The third-order valence-corrected chi connectivity index (χ3v) is 4.64. The van der Waals surface area contributed by atoms with Crippen LogP contribution in [-0.2, 0) is 11.3 Å². The Bertz CT molecular complexity index is 1130. The van der Waals surface area contributed by atoms with Gasteiger partial charge in [-0.3, -0.25) is 14.6 Å². The van der Waals surface area contributed by atoms with Crippen molar-refractivity contribution in [2.24, 2.45) is 0 Å². The monoisotopic (exact) mass is 392 g/mol. The number of fused-ring (bicyclic) bond motifs is 2. The zero-order valence-corrected chi connectivity index (χ0v) is 14.7. The number of ketones is 1. The molecule has 0 bridgehead atoms. The zero-order chi connectivity index (χ0) is 17.4. The van der Waals surface area contributed by atoms with E-state index < -0.39 is 5.78 Å². The molecule has 0 fully saturated rings. The van der Waals surface area contributed by atoms with E-state index in [1.807, 2.05) is 59.3 Å². The second-order valence-corrected chi connectivity index (χ2v) is 6.77. The van der Waals surface area contributed by atoms with Crippen molar-refractivity contribution in [2.45, 2.75) is 6.54 Å². The topological polar surface area (TPSA) is 52.0 Å². The van der Waals surface area contributed by atoms with E-state index in [1.165, 1.54) is 0 Å². The Labute approximate surface area is 152 Å². The molecule has 0 aliphatic heterocycles. The van der Waals surface area contributed by atoms with Crippen LogP contribution >= 0.6 is 15.9 Å². The molecule has 0 spiro atoms. The van der Waals surface area contributed by atoms with Gasteiger partial charge in [-0.15, -0.1) is 0 Å². The number of nitrogens with zero attached hydrogens (tertiary/aromatic N) is 2. The number of pyridine rings is 1. The third-order valence-electron chi connectivity index (χ3n) is 4.20. The minimum atomic E-state index is -0.508. The lowest BCUT2D eigenvalue weighted by Crippen LogP contribution is -2.10. The Morgan fingerprint density at radius 2 is 1.96 bits per heavy atom. The number of aldehydes is 1. The van der Waals surface area contributed by atoms with Crippen LogP contribution in [0, 0.1) is 0 Å². The summed E-state index contributed by atoms with van der Waals surface area (Å²) in [7, 11) is 0. The van der Waals surface area contributed by atoms with E-state index >= 15 is 0 Å². The van der Waals surface area contributed by atoms with E-state index in [1.54, 1.807) is 6.20 Å². The van der Waals surface area contributed by atoms with Crippen LogP contribution in [0.15, 0.2) is 65.4 Å². The summed E-state index contributed by atoms with van der Waals surface area (Å²) in [6.07, 6.45) is 4.05. The molecule has 0 aliphatic rings. The maximum absolute atomic E-state index is 12.2. The molecule has 4 aromatic rings. The van der Waals surface area contributed by atoms with Crippen LogP contribution < -0.4 is 0 Å². The first-order valence-corrected chi connectivity index (χ1v) is 8.56. The Balaban J connectivity index is 1.82. The van der Waals surface area contributed by atoms with Gasteiger partial charge in [-0.25, -0.2) is 0 Å². The predicted octanol–water partition coefficient (Wildman–Crippen LogP) is 4.38. The number of halogens is 1. The summed E-state index contributed by atoms with van der Waals surface area (Å²) in [4.78, 5) is 27.6. The van der Waals surface area contributed by atoms with Crippen molar-refractivity contribution < 1.29 is 9.59 Å². The molecule has 0 saturated carbocycles. The van der Waals surface area contributed by atoms with E-state index in [0.717, 1.165) is 31.7 Å². The Morgan fingerprint density at radius 3 is 2.80 bits per heavy atom. The highest BCUT2D eigenvalue weighted by molar-refractivity contribution is 9.10. The number of Topliss-reactive ketones (excluding diaryl/α,β-unsaturated/α-hetero) is 1. The fourth-order valence-corrected chi connectivity index (χ4v) is 3.47. The highest BCUT2D eigenvalue weighted by Gasteiger charge is 2.16. The lowest BCUT2D eigenvalue weighted by atomic mass is 10.1. The van der Waals surface area contributed by atoms with Gasteiger partial charge in [0, 0.05) is 39.6 Å². The van der Waals surface area contributed by atoms with Crippen LogP contribution in [-0.4, -0.2) is 21.6 Å². The summed E-state index contributed by atoms with van der Waals surface area (Å²) in [6.45, 7) is 0.506. The first-order chi connectivity index (χ1) is 12.2. The number of hydrogen-bond acceptors (Lipinski definition) is 3. The van der Waals surface area contributed by atoms with Gasteiger partial charge in [0.25, 0.3) is 0 Å². The van der Waals surface area contributed by atoms with E-state index in [2.05, 4.69) is 20.9 Å². The van der Waals surface area contributed by atoms with Crippen molar-refractivity contribution in [3.63, 3.8) is 0 Å². The molecule has 0 atom stereocenters. The van der Waals surface area contributed by atoms with Gasteiger partial charge in [0.05, 0.1) is 5.52 Å². The predicted molar refractivity (Wildman–Crippen MR) is 101 cm³/mol. The SMILES string of the molecule is O=CC(=O)c1c2ccccc2cn1Cc1ccc2ncc(Br)cc2c1. The largest absolute Gasteiger partial charge is 0.339 e. The van der Waals surface area contributed by atoms with Crippen LogP contribution in [0.3, 0.4) is 0 Å². The number of benzene rings is 2. The lowest BCUT2D eigenvalue weighted by Gasteiger charge is -2.08. The number of rotatable bonds is 4. The minimum Gasteiger partial charge on any atom is -0.339 e. The molecule has 0 radical (unpaired) electrons. The molecular weight excluding hydrogens is 380 g/mol. The molecule has 5 heteroatoms. The van der Waals surface area contributed by atoms with Crippen LogP contribution in [0.4, 0.5) is 0 Å². The second-order valence-electron chi connectivity index (χ2n) is 5.86. The van der Waals surface area contributed by atoms with Crippen molar-refractivity contribution >= 4 is 49.7 Å². The summed E-state index contributed by atoms with van der Waals surface area (Å²) in [5.41, 5.74) is 2.37. The van der Waals surface area contributed by atoms with Crippen LogP contribution in [0.5, 0.6) is 0 Å². The third kappa shape index (κ3) is 2.87. The number of hydrogen-bond donors (Lipinski definition) is 0. The molecule has 0 saturated heterocycles. The van der Waals surface area contributed by atoms with Crippen LogP contribution in [0.2, 0.25) is 0 Å². The van der Waals surface area contributed by atoms with Gasteiger partial charge in [0.1, 0.15) is 5.69 Å². The van der Waals surface area contributed by atoms with Crippen LogP contribution in [0.1, 0.15) is 16.1 Å². The maximum Gasteiger partial charge on any atom is 0.242 e. The standard InChI is InChI=1S/C20H13BrN2O2/c21-16-8-15-7-13(5-6-18(15)22-9-16)10-23-11-14-3-1-2-4-17(14)20(23)19(25)12-24/h1-9,11-12H,10H2. The Morgan fingerprint density at radius 1 is 1.12 bits per heavy atom. The van der Waals surface area contributed by atoms with Crippen molar-refractivity contribution in [1.29, 1.82) is 0 Å². The molecule has 122 valence electrons. The fraction of sp³-hybridized carbons (Fsp3) is 0.0500.